The van der Waals surface area contributed by atoms with Crippen LogP contribution in [0, 0.1) is 0 Å². The quantitative estimate of drug-likeness (QED) is 0.558. The molecule has 2 rings (SSSR count). The Labute approximate surface area is 206 Å². The van der Waals surface area contributed by atoms with Crippen LogP contribution < -0.4 is 14.4 Å². The highest BCUT2D eigenvalue weighted by Gasteiger charge is 2.31. The predicted molar refractivity (Wildman–Crippen MR) is 135 cm³/mol. The Morgan fingerprint density at radius 1 is 1.06 bits per heavy atom. The molecule has 186 valence electrons. The van der Waals surface area contributed by atoms with E-state index < -0.39 is 34.1 Å². The Morgan fingerprint density at radius 3 is 2.09 bits per heavy atom. The molecule has 2 aromatic carbocycles. The Balaban J connectivity index is 2.38. The van der Waals surface area contributed by atoms with E-state index >= 15 is 0 Å². The summed E-state index contributed by atoms with van der Waals surface area (Å²) in [7, 11) is -2.29. The summed E-state index contributed by atoms with van der Waals surface area (Å²) in [5.41, 5.74) is 0.570. The molecule has 2 amide bonds. The Morgan fingerprint density at radius 2 is 1.62 bits per heavy atom. The lowest BCUT2D eigenvalue weighted by Gasteiger charge is -2.33. The molecule has 0 fully saturated rings. The number of amides is 2. The third-order valence-corrected chi connectivity index (χ3v) is 6.36. The first kappa shape index (κ1) is 27.5. The van der Waals surface area contributed by atoms with E-state index in [9.17, 15) is 18.0 Å². The van der Waals surface area contributed by atoms with E-state index in [1.165, 1.54) is 12.0 Å². The number of nitrogens with one attached hydrogen (secondary N) is 1. The summed E-state index contributed by atoms with van der Waals surface area (Å²) in [6, 6.07) is 12.4. The summed E-state index contributed by atoms with van der Waals surface area (Å²) in [5.74, 6) is -0.307. The van der Waals surface area contributed by atoms with Crippen molar-refractivity contribution in [1.82, 2.24) is 10.2 Å². The van der Waals surface area contributed by atoms with Crippen molar-refractivity contribution in [2.45, 2.75) is 45.8 Å². The largest absolute Gasteiger partial charge is 0.497 e. The molecular weight excluding hydrogens is 478 g/mol. The number of carbonyl (C=O) groups is 2. The van der Waals surface area contributed by atoms with E-state index in [1.807, 2.05) is 20.8 Å². The lowest BCUT2D eigenvalue weighted by Crippen LogP contribution is -2.54. The number of hydrogen-bond donors (Lipinski definition) is 1. The van der Waals surface area contributed by atoms with Crippen LogP contribution in [-0.2, 0) is 26.2 Å². The van der Waals surface area contributed by atoms with E-state index in [4.69, 9.17) is 16.3 Å². The van der Waals surface area contributed by atoms with Gasteiger partial charge in [0.25, 0.3) is 0 Å². The SMILES string of the molecule is COc1ccc(N(CC(=O)N(Cc2ccc(Cl)cc2)[C@@H](C)C(=O)NC(C)(C)C)S(C)(=O)=O)cc1. The van der Waals surface area contributed by atoms with Crippen LogP contribution in [0.5, 0.6) is 5.75 Å². The van der Waals surface area contributed by atoms with Gasteiger partial charge in [-0.25, -0.2) is 8.42 Å². The summed E-state index contributed by atoms with van der Waals surface area (Å²) in [4.78, 5) is 27.7. The zero-order valence-corrected chi connectivity index (χ0v) is 21.9. The van der Waals surface area contributed by atoms with Crippen LogP contribution in [0.2, 0.25) is 5.02 Å². The van der Waals surface area contributed by atoms with Gasteiger partial charge in [-0.15, -0.1) is 0 Å². The third kappa shape index (κ3) is 7.92. The number of rotatable bonds is 9. The Kier molecular flexibility index (Phi) is 8.96. The first-order chi connectivity index (χ1) is 15.7. The Bertz CT molecular complexity index is 1100. The topological polar surface area (TPSA) is 96.0 Å². The van der Waals surface area contributed by atoms with Gasteiger partial charge >= 0.3 is 0 Å². The fourth-order valence-corrected chi connectivity index (χ4v) is 4.18. The average Bonchev–Trinajstić information content (AvgIpc) is 2.74. The first-order valence-electron chi connectivity index (χ1n) is 10.7. The van der Waals surface area contributed by atoms with E-state index in [-0.39, 0.29) is 12.5 Å². The first-order valence-corrected chi connectivity index (χ1v) is 12.9. The lowest BCUT2D eigenvalue weighted by atomic mass is 10.1. The Hall–Kier alpha value is -2.78. The molecule has 0 aromatic heterocycles. The monoisotopic (exact) mass is 509 g/mol. The summed E-state index contributed by atoms with van der Waals surface area (Å²) < 4.78 is 31.3. The van der Waals surface area contributed by atoms with Crippen molar-refractivity contribution >= 4 is 39.1 Å². The maximum atomic E-state index is 13.5. The number of methoxy groups -OCH3 is 1. The second kappa shape index (κ2) is 11.1. The summed E-state index contributed by atoms with van der Waals surface area (Å²) >= 11 is 5.98. The van der Waals surface area contributed by atoms with E-state index in [0.29, 0.717) is 16.5 Å². The van der Waals surface area contributed by atoms with Crippen LogP contribution in [0.1, 0.15) is 33.3 Å². The maximum absolute atomic E-state index is 13.5. The van der Waals surface area contributed by atoms with Gasteiger partial charge in [0, 0.05) is 17.1 Å². The molecule has 0 aliphatic rings. The highest BCUT2D eigenvalue weighted by Crippen LogP contribution is 2.22. The summed E-state index contributed by atoms with van der Waals surface area (Å²) in [6.45, 7) is 6.79. The van der Waals surface area contributed by atoms with Crippen LogP contribution >= 0.6 is 11.6 Å². The van der Waals surface area contributed by atoms with Gasteiger partial charge in [0.05, 0.1) is 19.1 Å². The van der Waals surface area contributed by atoms with Gasteiger partial charge < -0.3 is 15.0 Å². The van der Waals surface area contributed by atoms with Gasteiger partial charge in [0.15, 0.2) is 0 Å². The second-order valence-electron chi connectivity index (χ2n) is 9.03. The number of carbonyl (C=O) groups excluding carboxylic acids is 2. The minimum atomic E-state index is -3.79. The molecule has 1 atom stereocenters. The highest BCUT2D eigenvalue weighted by molar-refractivity contribution is 7.92. The van der Waals surface area contributed by atoms with Gasteiger partial charge in [-0.3, -0.25) is 13.9 Å². The number of hydrogen-bond acceptors (Lipinski definition) is 5. The standard InChI is InChI=1S/C24H32ClN3O5S/c1-17(23(30)26-24(2,3)4)27(15-18-7-9-19(25)10-8-18)22(29)16-28(34(6,31)32)20-11-13-21(33-5)14-12-20/h7-14,17H,15-16H2,1-6H3,(H,26,30)/t17-/m0/s1. The van der Waals surface area contributed by atoms with Gasteiger partial charge in [-0.05, 0) is 69.7 Å². The normalized spacial score (nSPS) is 12.6. The number of ether oxygens (including phenoxy) is 1. The van der Waals surface area contributed by atoms with Crippen LogP contribution in [0.4, 0.5) is 5.69 Å². The van der Waals surface area contributed by atoms with E-state index in [0.717, 1.165) is 16.1 Å². The van der Waals surface area contributed by atoms with Gasteiger partial charge in [-0.2, -0.15) is 0 Å². The fraction of sp³-hybridized carbons (Fsp3) is 0.417. The van der Waals surface area contributed by atoms with Crippen molar-refractivity contribution in [3.63, 3.8) is 0 Å². The van der Waals surface area contributed by atoms with Crippen LogP contribution in [0.25, 0.3) is 0 Å². The van der Waals surface area contributed by atoms with Crippen molar-refractivity contribution in [1.29, 1.82) is 0 Å². The van der Waals surface area contributed by atoms with Crippen LogP contribution in [0.15, 0.2) is 48.5 Å². The zero-order chi connectivity index (χ0) is 25.7. The molecule has 0 aliphatic carbocycles. The van der Waals surface area contributed by atoms with Gasteiger partial charge in [0.2, 0.25) is 21.8 Å². The van der Waals surface area contributed by atoms with Crippen LogP contribution in [0.3, 0.4) is 0 Å². The number of anilines is 1. The average molecular weight is 510 g/mol. The molecule has 1 N–H and O–H groups in total. The minimum absolute atomic E-state index is 0.106. The molecule has 0 radical (unpaired) electrons. The van der Waals surface area contributed by atoms with Crippen molar-refractivity contribution in [3.8, 4) is 5.75 Å². The van der Waals surface area contributed by atoms with Crippen molar-refractivity contribution < 1.29 is 22.7 Å². The highest BCUT2D eigenvalue weighted by atomic mass is 35.5. The zero-order valence-electron chi connectivity index (χ0n) is 20.3. The van der Waals surface area contributed by atoms with Gasteiger partial charge in [-0.1, -0.05) is 23.7 Å². The molecule has 0 saturated carbocycles. The van der Waals surface area contributed by atoms with E-state index in [1.54, 1.807) is 55.5 Å². The molecule has 0 saturated heterocycles. The molecule has 0 spiro atoms. The fourth-order valence-electron chi connectivity index (χ4n) is 3.21. The third-order valence-electron chi connectivity index (χ3n) is 4.97. The molecule has 10 heteroatoms. The molecule has 34 heavy (non-hydrogen) atoms. The molecule has 2 aromatic rings. The second-order valence-corrected chi connectivity index (χ2v) is 11.4. The predicted octanol–water partition coefficient (Wildman–Crippen LogP) is 3.45. The smallest absolute Gasteiger partial charge is 0.244 e. The maximum Gasteiger partial charge on any atom is 0.244 e. The number of nitrogens with zero attached hydrogens (tertiary/aromatic N) is 2. The molecule has 0 bridgehead atoms. The van der Waals surface area contributed by atoms with Crippen molar-refractivity contribution in [2.75, 3.05) is 24.2 Å². The van der Waals surface area contributed by atoms with Crippen molar-refractivity contribution in [3.05, 3.63) is 59.1 Å². The number of sulfonamides is 1. The minimum Gasteiger partial charge on any atom is -0.497 e. The summed E-state index contributed by atoms with van der Waals surface area (Å²) in [5, 5.41) is 3.42. The number of halogens is 1. The molecule has 0 aliphatic heterocycles. The van der Waals surface area contributed by atoms with E-state index in [2.05, 4.69) is 5.32 Å². The molecule has 0 heterocycles. The molecule has 0 unspecified atom stereocenters. The number of benzene rings is 2. The van der Waals surface area contributed by atoms with Crippen molar-refractivity contribution in [2.24, 2.45) is 0 Å². The van der Waals surface area contributed by atoms with Gasteiger partial charge in [0.1, 0.15) is 18.3 Å². The molecular formula is C24H32ClN3O5S. The summed E-state index contributed by atoms with van der Waals surface area (Å²) in [6.07, 6.45) is 1.03. The van der Waals surface area contributed by atoms with Crippen LogP contribution in [-0.4, -0.2) is 56.6 Å². The lowest BCUT2D eigenvalue weighted by molar-refractivity contribution is -0.140. The molecule has 8 nitrogen and oxygen atoms in total.